The number of rotatable bonds is 1. The molecular weight excluding hydrogens is 334 g/mol. The van der Waals surface area contributed by atoms with E-state index in [1.807, 2.05) is 6.07 Å². The number of hydrogen-bond donors (Lipinski definition) is 0. The normalized spacial score (nSPS) is 42.9. The molecule has 2 spiro atoms. The van der Waals surface area contributed by atoms with E-state index in [1.165, 1.54) is 43.4 Å². The number of nitrogens with zero attached hydrogens (tertiary/aromatic N) is 1. The molecule has 3 nitrogen and oxygen atoms in total. The lowest BCUT2D eigenvalue weighted by Gasteiger charge is -2.66. The van der Waals surface area contributed by atoms with Crippen LogP contribution in [-0.4, -0.2) is 0 Å². The van der Waals surface area contributed by atoms with Gasteiger partial charge in [0.05, 0.1) is 23.9 Å². The molecule has 4 saturated carbocycles. The third-order valence-corrected chi connectivity index (χ3v) is 9.18. The molecule has 0 saturated heterocycles. The summed E-state index contributed by atoms with van der Waals surface area (Å²) in [6, 6.07) is 13.1. The lowest BCUT2D eigenvalue weighted by atomic mass is 9.43. The largest absolute Gasteiger partial charge is 0.460 e. The van der Waals surface area contributed by atoms with E-state index in [0.717, 1.165) is 47.1 Å². The Morgan fingerprint density at radius 2 is 1.70 bits per heavy atom. The number of benzene rings is 1. The zero-order valence-electron chi connectivity index (χ0n) is 15.4. The highest BCUT2D eigenvalue weighted by atomic mass is 16.4. The van der Waals surface area contributed by atoms with E-state index < -0.39 is 0 Å². The fourth-order valence-electron chi connectivity index (χ4n) is 8.92. The van der Waals surface area contributed by atoms with Gasteiger partial charge in [0.1, 0.15) is 5.76 Å². The van der Waals surface area contributed by atoms with Crippen molar-refractivity contribution < 1.29 is 8.83 Å². The zero-order chi connectivity index (χ0) is 17.4. The van der Waals surface area contributed by atoms with Gasteiger partial charge in [-0.05, 0) is 73.3 Å². The second-order valence-corrected chi connectivity index (χ2v) is 9.95. The van der Waals surface area contributed by atoms with Crippen LogP contribution >= 0.6 is 0 Å². The predicted octanol–water partition coefficient (Wildman–Crippen LogP) is 5.70. The van der Waals surface area contributed by atoms with E-state index in [2.05, 4.69) is 35.2 Å². The van der Waals surface area contributed by atoms with Gasteiger partial charge in [0.2, 0.25) is 0 Å². The molecule has 3 heterocycles. The Hall–Kier alpha value is -2.16. The summed E-state index contributed by atoms with van der Waals surface area (Å²) in [5, 5.41) is 0. The van der Waals surface area contributed by atoms with E-state index in [1.54, 1.807) is 6.26 Å². The van der Waals surface area contributed by atoms with Crippen molar-refractivity contribution in [2.75, 3.05) is 4.90 Å². The predicted molar refractivity (Wildman–Crippen MR) is 102 cm³/mol. The van der Waals surface area contributed by atoms with Crippen LogP contribution in [0.4, 0.5) is 5.69 Å². The molecule has 3 heteroatoms. The maximum atomic E-state index is 6.33. The van der Waals surface area contributed by atoms with Gasteiger partial charge in [-0.25, -0.2) is 0 Å². The molecule has 4 unspecified atom stereocenters. The van der Waals surface area contributed by atoms with Crippen LogP contribution in [0.5, 0.6) is 0 Å². The molecule has 1 aromatic carbocycles. The SMILES string of the molecule is c1ccc(N2Cc3oc4ccoc4c3C23C2CC4CC5CC3C2(C4)C5)cc1. The van der Waals surface area contributed by atoms with Gasteiger partial charge >= 0.3 is 0 Å². The molecule has 4 atom stereocenters. The average molecular weight is 357 g/mol. The summed E-state index contributed by atoms with van der Waals surface area (Å²) in [4.78, 5) is 2.72. The first-order valence-electron chi connectivity index (χ1n) is 10.6. The summed E-state index contributed by atoms with van der Waals surface area (Å²) in [6.07, 6.45) is 9.08. The summed E-state index contributed by atoms with van der Waals surface area (Å²) in [7, 11) is 0. The molecule has 5 aliphatic rings. The zero-order valence-corrected chi connectivity index (χ0v) is 15.4. The monoisotopic (exact) mass is 357 g/mol. The molecule has 27 heavy (non-hydrogen) atoms. The van der Waals surface area contributed by atoms with Crippen molar-refractivity contribution in [3.63, 3.8) is 0 Å². The maximum absolute atomic E-state index is 6.33. The molecular formula is C24H23NO2. The summed E-state index contributed by atoms with van der Waals surface area (Å²) >= 11 is 0. The summed E-state index contributed by atoms with van der Waals surface area (Å²) < 4.78 is 12.4. The van der Waals surface area contributed by atoms with Gasteiger partial charge < -0.3 is 13.7 Å². The lowest BCUT2D eigenvalue weighted by Crippen LogP contribution is -2.68. The Morgan fingerprint density at radius 1 is 0.926 bits per heavy atom. The highest BCUT2D eigenvalue weighted by Gasteiger charge is 2.81. The van der Waals surface area contributed by atoms with Crippen molar-refractivity contribution in [3.05, 3.63) is 54.0 Å². The molecule has 4 aliphatic carbocycles. The molecule has 1 aliphatic heterocycles. The van der Waals surface area contributed by atoms with Gasteiger partial charge in [-0.1, -0.05) is 18.2 Å². The molecule has 8 rings (SSSR count). The van der Waals surface area contributed by atoms with Gasteiger partial charge in [-0.3, -0.25) is 0 Å². The highest BCUT2D eigenvalue weighted by Crippen LogP contribution is 2.84. The van der Waals surface area contributed by atoms with E-state index in [-0.39, 0.29) is 5.54 Å². The molecule has 3 aromatic rings. The number of fused-ring (bicyclic) bond motifs is 8. The molecule has 0 amide bonds. The molecule has 0 radical (unpaired) electrons. The maximum Gasteiger partial charge on any atom is 0.178 e. The number of para-hydroxylation sites is 1. The van der Waals surface area contributed by atoms with Crippen LogP contribution in [0.1, 0.15) is 43.4 Å². The number of anilines is 1. The fourth-order valence-corrected chi connectivity index (χ4v) is 8.92. The Kier molecular flexibility index (Phi) is 2.13. The fraction of sp³-hybridized carbons (Fsp3) is 0.500. The van der Waals surface area contributed by atoms with Gasteiger partial charge in [-0.2, -0.15) is 0 Å². The summed E-state index contributed by atoms with van der Waals surface area (Å²) in [6.45, 7) is 0.891. The van der Waals surface area contributed by atoms with E-state index in [9.17, 15) is 0 Å². The summed E-state index contributed by atoms with van der Waals surface area (Å²) in [5.41, 5.74) is 5.46. The quantitative estimate of drug-likeness (QED) is 0.560. The highest BCUT2D eigenvalue weighted by molar-refractivity contribution is 5.82. The first kappa shape index (κ1) is 13.9. The Bertz CT molecular complexity index is 1070. The Balaban J connectivity index is 1.43. The van der Waals surface area contributed by atoms with Crippen molar-refractivity contribution in [2.24, 2.45) is 29.1 Å². The second kappa shape index (κ2) is 4.14. The molecule has 4 fully saturated rings. The van der Waals surface area contributed by atoms with Crippen molar-refractivity contribution in [1.82, 2.24) is 0 Å². The van der Waals surface area contributed by atoms with Gasteiger partial charge in [0.15, 0.2) is 11.2 Å². The average Bonchev–Trinajstić information content (AvgIpc) is 3.42. The minimum Gasteiger partial charge on any atom is -0.460 e. The van der Waals surface area contributed by atoms with Gasteiger partial charge in [-0.15, -0.1) is 0 Å². The van der Waals surface area contributed by atoms with Crippen LogP contribution in [0.3, 0.4) is 0 Å². The molecule has 3 bridgehead atoms. The Morgan fingerprint density at radius 3 is 2.48 bits per heavy atom. The second-order valence-electron chi connectivity index (χ2n) is 9.95. The first-order chi connectivity index (χ1) is 13.3. The molecule has 136 valence electrons. The van der Waals surface area contributed by atoms with E-state index in [0.29, 0.717) is 5.41 Å². The van der Waals surface area contributed by atoms with Crippen molar-refractivity contribution in [2.45, 2.75) is 44.2 Å². The van der Waals surface area contributed by atoms with Crippen molar-refractivity contribution >= 4 is 16.9 Å². The standard InChI is InChI=1S/C24H23NO2/c1-2-4-16(5-3-1)25-13-18-21(22-17(27-18)6-7-26-22)24(25)19-9-14-8-15-10-20(24)23(19,11-14)12-15/h1-7,14-15,19-20H,8-13H2. The molecule has 2 aromatic heterocycles. The topological polar surface area (TPSA) is 29.5 Å². The third-order valence-electron chi connectivity index (χ3n) is 9.18. The minimum atomic E-state index is 0.101. The van der Waals surface area contributed by atoms with Crippen LogP contribution in [0, 0.1) is 29.1 Å². The first-order valence-corrected chi connectivity index (χ1v) is 10.6. The number of hydrogen-bond acceptors (Lipinski definition) is 3. The summed E-state index contributed by atoms with van der Waals surface area (Å²) in [5.74, 6) is 4.60. The molecule has 0 N–H and O–H groups in total. The van der Waals surface area contributed by atoms with Gasteiger partial charge in [0.25, 0.3) is 0 Å². The Labute approximate surface area is 158 Å². The van der Waals surface area contributed by atoms with Gasteiger partial charge in [0, 0.05) is 11.8 Å². The van der Waals surface area contributed by atoms with Crippen LogP contribution in [0.15, 0.2) is 51.5 Å². The van der Waals surface area contributed by atoms with E-state index >= 15 is 0 Å². The van der Waals surface area contributed by atoms with Crippen molar-refractivity contribution in [1.29, 1.82) is 0 Å². The third kappa shape index (κ3) is 1.29. The lowest BCUT2D eigenvalue weighted by molar-refractivity contribution is -0.105. The smallest absolute Gasteiger partial charge is 0.178 e. The van der Waals surface area contributed by atoms with Crippen LogP contribution in [0.2, 0.25) is 0 Å². The van der Waals surface area contributed by atoms with Crippen LogP contribution < -0.4 is 4.90 Å². The van der Waals surface area contributed by atoms with Crippen LogP contribution in [-0.2, 0) is 12.1 Å². The van der Waals surface area contributed by atoms with E-state index in [4.69, 9.17) is 8.83 Å². The van der Waals surface area contributed by atoms with Crippen LogP contribution in [0.25, 0.3) is 11.2 Å². The minimum absolute atomic E-state index is 0.101. The number of furan rings is 2. The van der Waals surface area contributed by atoms with Crippen molar-refractivity contribution in [3.8, 4) is 0 Å².